The first kappa shape index (κ1) is 21.9. The maximum atomic E-state index is 13.2. The summed E-state index contributed by atoms with van der Waals surface area (Å²) >= 11 is 3.19. The second kappa shape index (κ2) is 8.70. The zero-order valence-electron chi connectivity index (χ0n) is 17.8. The molecule has 1 N–H and O–H groups in total. The van der Waals surface area contributed by atoms with Crippen LogP contribution >= 0.6 is 15.9 Å². The highest BCUT2D eigenvalue weighted by Crippen LogP contribution is 2.35. The van der Waals surface area contributed by atoms with Crippen LogP contribution in [-0.4, -0.2) is 72.3 Å². The number of amides is 2. The number of nitrogens with zero attached hydrogens (tertiary/aromatic N) is 2. The smallest absolute Gasteiger partial charge is 0.295 e. The van der Waals surface area contributed by atoms with Gasteiger partial charge in [0.05, 0.1) is 30.7 Å². The lowest BCUT2D eigenvalue weighted by atomic mass is 10.1. The third kappa shape index (κ3) is 3.75. The molecule has 3 aromatic rings. The molecule has 10 heteroatoms. The van der Waals surface area contributed by atoms with Crippen LogP contribution in [-0.2, 0) is 4.79 Å². The monoisotopic (exact) mass is 503 g/mol. The number of rotatable bonds is 5. The summed E-state index contributed by atoms with van der Waals surface area (Å²) in [5.74, 6) is -0.307. The molecule has 0 bridgehead atoms. The van der Waals surface area contributed by atoms with Crippen LogP contribution in [0.15, 0.2) is 39.5 Å². The van der Waals surface area contributed by atoms with Gasteiger partial charge in [0.1, 0.15) is 11.5 Å². The SMILES string of the molecule is COc1ccc(OC)c2c(C(=O)C(=O)N3CCN(C(=O)c4ccc(Br)o4)C[C@H]3C)c[nH]c12. The van der Waals surface area contributed by atoms with Crippen LogP contribution in [0.5, 0.6) is 11.5 Å². The van der Waals surface area contributed by atoms with Crippen molar-refractivity contribution in [3.63, 3.8) is 0 Å². The van der Waals surface area contributed by atoms with E-state index >= 15 is 0 Å². The Morgan fingerprint density at radius 2 is 1.81 bits per heavy atom. The van der Waals surface area contributed by atoms with E-state index in [1.54, 1.807) is 29.2 Å². The van der Waals surface area contributed by atoms with Gasteiger partial charge in [0.2, 0.25) is 0 Å². The van der Waals surface area contributed by atoms with Crippen molar-refractivity contribution in [2.75, 3.05) is 33.9 Å². The highest BCUT2D eigenvalue weighted by atomic mass is 79.9. The van der Waals surface area contributed by atoms with Crippen LogP contribution in [0.3, 0.4) is 0 Å². The number of ether oxygens (including phenoxy) is 2. The zero-order chi connectivity index (χ0) is 23.0. The number of Topliss-reactive ketones (excluding diaryl/α,β-unsaturated/α-hetero) is 1. The maximum absolute atomic E-state index is 13.2. The fraction of sp³-hybridized carbons (Fsp3) is 0.318. The molecule has 0 spiro atoms. The van der Waals surface area contributed by atoms with Gasteiger partial charge >= 0.3 is 0 Å². The number of piperazine rings is 1. The minimum atomic E-state index is -0.649. The molecule has 1 atom stereocenters. The molecular weight excluding hydrogens is 482 g/mol. The standard InChI is InChI=1S/C22H22BrN3O6/c1-12-11-25(21(28)16-6-7-17(23)32-16)8-9-26(12)22(29)20(27)13-10-24-19-15(31-3)5-4-14(30-2)18(13)19/h4-7,10,12,24H,8-9,11H2,1-3H3/t12-/m1/s1. The summed E-state index contributed by atoms with van der Waals surface area (Å²) in [6, 6.07) is 6.32. The number of halogens is 1. The third-order valence-corrected chi connectivity index (χ3v) is 6.02. The van der Waals surface area contributed by atoms with Gasteiger partial charge in [0.15, 0.2) is 10.4 Å². The summed E-state index contributed by atoms with van der Waals surface area (Å²) in [5, 5.41) is 0.495. The number of aromatic amines is 1. The molecular formula is C22H22BrN3O6. The zero-order valence-corrected chi connectivity index (χ0v) is 19.4. The van der Waals surface area contributed by atoms with E-state index in [2.05, 4.69) is 20.9 Å². The average molecular weight is 504 g/mol. The number of hydrogen-bond donors (Lipinski definition) is 1. The molecule has 1 aromatic carbocycles. The van der Waals surface area contributed by atoms with Crippen molar-refractivity contribution in [1.82, 2.24) is 14.8 Å². The van der Waals surface area contributed by atoms with E-state index in [1.165, 1.54) is 25.3 Å². The van der Waals surface area contributed by atoms with E-state index < -0.39 is 11.7 Å². The Morgan fingerprint density at radius 1 is 1.09 bits per heavy atom. The summed E-state index contributed by atoms with van der Waals surface area (Å²) in [4.78, 5) is 45.0. The number of nitrogens with one attached hydrogen (secondary N) is 1. The van der Waals surface area contributed by atoms with Crippen LogP contribution in [0.25, 0.3) is 10.9 Å². The van der Waals surface area contributed by atoms with Gasteiger partial charge in [-0.05, 0) is 47.1 Å². The van der Waals surface area contributed by atoms with E-state index in [1.807, 2.05) is 6.92 Å². The first-order valence-electron chi connectivity index (χ1n) is 9.97. The van der Waals surface area contributed by atoms with E-state index in [0.717, 1.165) is 0 Å². The summed E-state index contributed by atoms with van der Waals surface area (Å²) in [6.45, 7) is 2.64. The van der Waals surface area contributed by atoms with Gasteiger partial charge in [-0.3, -0.25) is 14.4 Å². The Labute approximate surface area is 192 Å². The van der Waals surface area contributed by atoms with Gasteiger partial charge < -0.3 is 28.7 Å². The van der Waals surface area contributed by atoms with E-state index in [9.17, 15) is 14.4 Å². The molecule has 4 rings (SSSR count). The van der Waals surface area contributed by atoms with Crippen LogP contribution in [0.4, 0.5) is 0 Å². The molecule has 0 saturated carbocycles. The molecule has 168 valence electrons. The molecule has 32 heavy (non-hydrogen) atoms. The van der Waals surface area contributed by atoms with Crippen LogP contribution in [0.2, 0.25) is 0 Å². The lowest BCUT2D eigenvalue weighted by Gasteiger charge is -2.39. The highest BCUT2D eigenvalue weighted by molar-refractivity contribution is 9.10. The average Bonchev–Trinajstić information content (AvgIpc) is 3.43. The molecule has 1 fully saturated rings. The minimum Gasteiger partial charge on any atom is -0.496 e. The van der Waals surface area contributed by atoms with E-state index in [0.29, 0.717) is 40.2 Å². The summed E-state index contributed by atoms with van der Waals surface area (Å²) in [7, 11) is 3.03. The van der Waals surface area contributed by atoms with Crippen molar-refractivity contribution in [2.45, 2.75) is 13.0 Å². The highest BCUT2D eigenvalue weighted by Gasteiger charge is 2.35. The van der Waals surface area contributed by atoms with Crippen LogP contribution in [0.1, 0.15) is 27.8 Å². The number of benzene rings is 1. The van der Waals surface area contributed by atoms with E-state index in [4.69, 9.17) is 13.9 Å². The first-order chi connectivity index (χ1) is 15.3. The second-order valence-corrected chi connectivity index (χ2v) is 8.24. The number of aromatic nitrogens is 1. The van der Waals surface area contributed by atoms with Gasteiger partial charge in [-0.25, -0.2) is 0 Å². The minimum absolute atomic E-state index is 0.215. The topological polar surface area (TPSA) is 105 Å². The normalized spacial score (nSPS) is 16.3. The van der Waals surface area contributed by atoms with Crippen molar-refractivity contribution in [1.29, 1.82) is 0 Å². The van der Waals surface area contributed by atoms with Gasteiger partial charge in [-0.2, -0.15) is 0 Å². The molecule has 1 aliphatic heterocycles. The molecule has 0 unspecified atom stereocenters. The second-order valence-electron chi connectivity index (χ2n) is 7.45. The molecule has 2 amide bonds. The Kier molecular flexibility index (Phi) is 5.96. The van der Waals surface area contributed by atoms with Crippen LogP contribution < -0.4 is 9.47 Å². The predicted octanol–water partition coefficient (Wildman–Crippen LogP) is 3.10. The number of furan rings is 1. The maximum Gasteiger partial charge on any atom is 0.295 e. The van der Waals surface area contributed by atoms with Crippen molar-refractivity contribution in [2.24, 2.45) is 0 Å². The fourth-order valence-electron chi connectivity index (χ4n) is 3.99. The van der Waals surface area contributed by atoms with Crippen molar-refractivity contribution in [3.8, 4) is 11.5 Å². The van der Waals surface area contributed by atoms with E-state index in [-0.39, 0.29) is 29.8 Å². The van der Waals surface area contributed by atoms with Gasteiger partial charge in [0.25, 0.3) is 17.6 Å². The number of H-pyrrole nitrogens is 1. The molecule has 9 nitrogen and oxygen atoms in total. The van der Waals surface area contributed by atoms with Crippen LogP contribution in [0, 0.1) is 0 Å². The van der Waals surface area contributed by atoms with Gasteiger partial charge in [-0.15, -0.1) is 0 Å². The molecule has 2 aromatic heterocycles. The lowest BCUT2D eigenvalue weighted by Crippen LogP contribution is -2.56. The summed E-state index contributed by atoms with van der Waals surface area (Å²) < 4.78 is 16.6. The number of carbonyl (C=O) groups is 3. The number of ketones is 1. The van der Waals surface area contributed by atoms with Crippen molar-refractivity contribution >= 4 is 44.4 Å². The summed E-state index contributed by atoms with van der Waals surface area (Å²) in [5.41, 5.74) is 0.794. The number of methoxy groups -OCH3 is 2. The number of fused-ring (bicyclic) bond motifs is 1. The third-order valence-electron chi connectivity index (χ3n) is 5.60. The quantitative estimate of drug-likeness (QED) is 0.423. The molecule has 1 aliphatic rings. The molecule has 1 saturated heterocycles. The number of carbonyl (C=O) groups excluding carboxylic acids is 3. The first-order valence-corrected chi connectivity index (χ1v) is 10.8. The summed E-state index contributed by atoms with van der Waals surface area (Å²) in [6.07, 6.45) is 1.50. The molecule has 3 heterocycles. The number of hydrogen-bond acceptors (Lipinski definition) is 6. The van der Waals surface area contributed by atoms with Gasteiger partial charge in [0, 0.05) is 31.9 Å². The van der Waals surface area contributed by atoms with Crippen molar-refractivity contribution in [3.05, 3.63) is 46.5 Å². The fourth-order valence-corrected chi connectivity index (χ4v) is 4.29. The Balaban J connectivity index is 1.54. The Hall–Kier alpha value is -3.27. The Morgan fingerprint density at radius 3 is 2.44 bits per heavy atom. The van der Waals surface area contributed by atoms with Gasteiger partial charge in [-0.1, -0.05) is 0 Å². The molecule has 0 aliphatic carbocycles. The Bertz CT molecular complexity index is 1200. The van der Waals surface area contributed by atoms with Crippen molar-refractivity contribution < 1.29 is 28.3 Å². The largest absolute Gasteiger partial charge is 0.496 e. The predicted molar refractivity (Wildman–Crippen MR) is 119 cm³/mol. The molecule has 0 radical (unpaired) electrons. The lowest BCUT2D eigenvalue weighted by molar-refractivity contribution is -0.130.